The third-order valence-corrected chi connectivity index (χ3v) is 4.53. The smallest absolute Gasteiger partial charge is 0.256 e. The normalized spacial score (nSPS) is 12.8. The van der Waals surface area contributed by atoms with E-state index in [4.69, 9.17) is 21.1 Å². The highest BCUT2D eigenvalue weighted by Crippen LogP contribution is 2.33. The molecule has 4 rings (SSSR count). The molecule has 1 aliphatic heterocycles. The number of benzene rings is 2. The number of halogens is 2. The van der Waals surface area contributed by atoms with Gasteiger partial charge in [-0.3, -0.25) is 9.59 Å². The minimum atomic E-state index is -0.726. The Morgan fingerprint density at radius 2 is 1.93 bits per heavy atom. The second-order valence-corrected chi connectivity index (χ2v) is 6.39. The lowest BCUT2D eigenvalue weighted by Crippen LogP contribution is -2.27. The van der Waals surface area contributed by atoms with Gasteiger partial charge in [0.15, 0.2) is 11.5 Å². The van der Waals surface area contributed by atoms with E-state index in [1.807, 2.05) is 0 Å². The highest BCUT2D eigenvalue weighted by Gasteiger charge is 2.17. The lowest BCUT2D eigenvalue weighted by molar-refractivity contribution is 0.0947. The van der Waals surface area contributed by atoms with Gasteiger partial charge in [-0.15, -0.1) is 0 Å². The number of aromatic nitrogens is 1. The molecule has 0 bridgehead atoms. The first-order valence-corrected chi connectivity index (χ1v) is 8.58. The van der Waals surface area contributed by atoms with Crippen molar-refractivity contribution in [3.05, 3.63) is 68.7 Å². The first-order valence-electron chi connectivity index (χ1n) is 8.20. The van der Waals surface area contributed by atoms with E-state index in [1.165, 1.54) is 12.1 Å². The van der Waals surface area contributed by atoms with E-state index >= 15 is 0 Å². The third-order valence-electron chi connectivity index (χ3n) is 4.21. The summed E-state index contributed by atoms with van der Waals surface area (Å²) in [6.07, 6.45) is 0. The van der Waals surface area contributed by atoms with Crippen molar-refractivity contribution in [2.24, 2.45) is 0 Å². The van der Waals surface area contributed by atoms with Crippen LogP contribution in [0.5, 0.6) is 11.5 Å². The van der Waals surface area contributed by atoms with Gasteiger partial charge in [-0.1, -0.05) is 17.7 Å². The molecule has 138 valence electrons. The first-order chi connectivity index (χ1) is 13.0. The molecule has 1 aromatic heterocycles. The molecule has 8 heteroatoms. The Balaban J connectivity index is 1.61. The summed E-state index contributed by atoms with van der Waals surface area (Å²) in [7, 11) is 0. The number of aromatic amines is 1. The molecular formula is C19H14ClFN2O4. The summed E-state index contributed by atoms with van der Waals surface area (Å²) in [4.78, 5) is 27.3. The van der Waals surface area contributed by atoms with Gasteiger partial charge < -0.3 is 19.8 Å². The van der Waals surface area contributed by atoms with E-state index in [0.717, 1.165) is 11.5 Å². The van der Waals surface area contributed by atoms with Crippen molar-refractivity contribution in [1.29, 1.82) is 0 Å². The largest absolute Gasteiger partial charge is 0.486 e. The number of nitrogens with one attached hydrogen (secondary N) is 2. The van der Waals surface area contributed by atoms with Crippen LogP contribution >= 0.6 is 11.6 Å². The van der Waals surface area contributed by atoms with Gasteiger partial charge in [0, 0.05) is 23.6 Å². The molecule has 0 saturated heterocycles. The van der Waals surface area contributed by atoms with E-state index in [1.54, 1.807) is 18.2 Å². The number of hydrogen-bond acceptors (Lipinski definition) is 4. The number of carbonyl (C=O) groups is 1. The number of amides is 1. The van der Waals surface area contributed by atoms with Crippen LogP contribution in [0.3, 0.4) is 0 Å². The first kappa shape index (κ1) is 17.4. The molecule has 1 aliphatic rings. The zero-order chi connectivity index (χ0) is 19.0. The van der Waals surface area contributed by atoms with Crippen molar-refractivity contribution in [1.82, 2.24) is 10.3 Å². The zero-order valence-corrected chi connectivity index (χ0v) is 14.7. The lowest BCUT2D eigenvalue weighted by atomic mass is 10.1. The van der Waals surface area contributed by atoms with Gasteiger partial charge in [-0.25, -0.2) is 4.39 Å². The SMILES string of the molecule is O=C(NCc1cc2cc3c(cc2[nH]c1=O)OCCO3)c1c(F)cccc1Cl. The maximum absolute atomic E-state index is 13.8. The maximum Gasteiger partial charge on any atom is 0.256 e. The Morgan fingerprint density at radius 1 is 1.19 bits per heavy atom. The number of rotatable bonds is 3. The van der Waals surface area contributed by atoms with Gasteiger partial charge in [0.25, 0.3) is 11.5 Å². The molecule has 2 aromatic carbocycles. The van der Waals surface area contributed by atoms with Gasteiger partial charge in [0.05, 0.1) is 16.1 Å². The summed E-state index contributed by atoms with van der Waals surface area (Å²) in [5.74, 6) is -0.260. The van der Waals surface area contributed by atoms with Crippen molar-refractivity contribution in [2.45, 2.75) is 6.54 Å². The number of H-pyrrole nitrogens is 1. The Kier molecular flexibility index (Phi) is 4.45. The van der Waals surface area contributed by atoms with Crippen LogP contribution in [0.2, 0.25) is 5.02 Å². The van der Waals surface area contributed by atoms with Crippen LogP contribution in [-0.4, -0.2) is 24.1 Å². The molecule has 0 aliphatic carbocycles. The topological polar surface area (TPSA) is 80.4 Å². The second-order valence-electron chi connectivity index (χ2n) is 5.99. The Labute approximate surface area is 157 Å². The van der Waals surface area contributed by atoms with Crippen LogP contribution in [-0.2, 0) is 6.54 Å². The average molecular weight is 389 g/mol. The van der Waals surface area contributed by atoms with Gasteiger partial charge >= 0.3 is 0 Å². The Morgan fingerprint density at radius 3 is 2.67 bits per heavy atom. The van der Waals surface area contributed by atoms with E-state index < -0.39 is 11.7 Å². The fourth-order valence-electron chi connectivity index (χ4n) is 2.90. The third kappa shape index (κ3) is 3.33. The molecule has 2 heterocycles. The second kappa shape index (κ2) is 6.92. The highest BCUT2D eigenvalue weighted by molar-refractivity contribution is 6.33. The van der Waals surface area contributed by atoms with Crippen LogP contribution in [0, 0.1) is 5.82 Å². The molecule has 0 saturated carbocycles. The predicted molar refractivity (Wildman–Crippen MR) is 98.1 cm³/mol. The zero-order valence-electron chi connectivity index (χ0n) is 14.0. The molecule has 0 atom stereocenters. The van der Waals surface area contributed by atoms with E-state index in [0.29, 0.717) is 35.8 Å². The van der Waals surface area contributed by atoms with E-state index in [9.17, 15) is 14.0 Å². The maximum atomic E-state index is 13.8. The quantitative estimate of drug-likeness (QED) is 0.722. The van der Waals surface area contributed by atoms with Crippen molar-refractivity contribution in [2.75, 3.05) is 13.2 Å². The average Bonchev–Trinajstić information content (AvgIpc) is 2.64. The van der Waals surface area contributed by atoms with Gasteiger partial charge in [-0.05, 0) is 24.3 Å². The van der Waals surface area contributed by atoms with Crippen LogP contribution in [0.25, 0.3) is 10.9 Å². The molecule has 27 heavy (non-hydrogen) atoms. The number of fused-ring (bicyclic) bond motifs is 2. The summed E-state index contributed by atoms with van der Waals surface area (Å²) in [6.45, 7) is 0.822. The number of pyridine rings is 1. The van der Waals surface area contributed by atoms with Crippen LogP contribution < -0.4 is 20.3 Å². The Hall–Kier alpha value is -3.06. The Bertz CT molecular complexity index is 1090. The monoisotopic (exact) mass is 388 g/mol. The molecule has 0 unspecified atom stereocenters. The molecule has 3 aromatic rings. The highest BCUT2D eigenvalue weighted by atomic mass is 35.5. The lowest BCUT2D eigenvalue weighted by Gasteiger charge is -2.18. The molecule has 2 N–H and O–H groups in total. The minimum Gasteiger partial charge on any atom is -0.486 e. The van der Waals surface area contributed by atoms with Gasteiger partial charge in [-0.2, -0.15) is 0 Å². The van der Waals surface area contributed by atoms with Crippen molar-refractivity contribution < 1.29 is 18.7 Å². The van der Waals surface area contributed by atoms with Crippen molar-refractivity contribution >= 4 is 28.4 Å². The summed E-state index contributed by atoms with van der Waals surface area (Å²) in [6, 6.07) is 9.10. The number of hydrogen-bond donors (Lipinski definition) is 2. The summed E-state index contributed by atoms with van der Waals surface area (Å²) in [5.41, 5.74) is 0.298. The summed E-state index contributed by atoms with van der Waals surface area (Å²) < 4.78 is 24.9. The van der Waals surface area contributed by atoms with E-state index in [-0.39, 0.29) is 22.7 Å². The van der Waals surface area contributed by atoms with Crippen LogP contribution in [0.1, 0.15) is 15.9 Å². The minimum absolute atomic E-state index is 0.00342. The van der Waals surface area contributed by atoms with Gasteiger partial charge in [0.1, 0.15) is 19.0 Å². The number of carbonyl (C=O) groups excluding carboxylic acids is 1. The van der Waals surface area contributed by atoms with Crippen molar-refractivity contribution in [3.8, 4) is 11.5 Å². The van der Waals surface area contributed by atoms with Crippen LogP contribution in [0.4, 0.5) is 4.39 Å². The molecule has 0 fully saturated rings. The molecule has 0 spiro atoms. The fourth-order valence-corrected chi connectivity index (χ4v) is 3.15. The fraction of sp³-hybridized carbons (Fsp3) is 0.158. The molecule has 1 amide bonds. The molecule has 0 radical (unpaired) electrons. The predicted octanol–water partition coefficient (Wildman–Crippen LogP) is 3.02. The summed E-state index contributed by atoms with van der Waals surface area (Å²) >= 11 is 5.89. The summed E-state index contributed by atoms with van der Waals surface area (Å²) in [5, 5.41) is 3.26. The molecule has 6 nitrogen and oxygen atoms in total. The molecular weight excluding hydrogens is 375 g/mol. The van der Waals surface area contributed by atoms with Crippen LogP contribution in [0.15, 0.2) is 41.2 Å². The standard InChI is InChI=1S/C19H14ClFN2O4/c20-12-2-1-3-13(21)17(12)19(25)22-9-11-6-10-7-15-16(27-5-4-26-15)8-14(10)23-18(11)24/h1-3,6-8H,4-5,9H2,(H,22,25)(H,23,24). The van der Waals surface area contributed by atoms with Gasteiger partial charge in [0.2, 0.25) is 0 Å². The number of ether oxygens (including phenoxy) is 2. The van der Waals surface area contributed by atoms with Crippen molar-refractivity contribution in [3.63, 3.8) is 0 Å². The van der Waals surface area contributed by atoms with E-state index in [2.05, 4.69) is 10.3 Å².